The van der Waals surface area contributed by atoms with Crippen molar-refractivity contribution in [2.24, 2.45) is 0 Å². The molecule has 2 aliphatic rings. The van der Waals surface area contributed by atoms with E-state index in [-0.39, 0.29) is 23.3 Å². The van der Waals surface area contributed by atoms with Crippen LogP contribution in [0.2, 0.25) is 0 Å². The molecule has 8 nitrogen and oxygen atoms in total. The highest BCUT2D eigenvalue weighted by atomic mass is 16.4. The highest BCUT2D eigenvalue weighted by molar-refractivity contribution is 6.30. The first-order valence-electron chi connectivity index (χ1n) is 10.9. The summed E-state index contributed by atoms with van der Waals surface area (Å²) in [5.41, 5.74) is 3.64. The SMILES string of the molecule is N#Cc1cccc(C2=C3C(=O)N(Cc4ccc(C(=O)O)cc4)C(c4cccc(C#N)c4)=C3C(=O)N2)c1. The van der Waals surface area contributed by atoms with E-state index in [1.807, 2.05) is 0 Å². The standard InChI is InChI=1S/C28H16N4O4/c29-13-17-3-1-5-20(11-17)24-22-23(26(33)31-24)25(21-6-2-4-18(12-21)14-30)32(27(22)34)15-16-7-9-19(10-8-16)28(35)36/h1-12H,15H2,(H,31,33)(H,35,36). The average molecular weight is 472 g/mol. The number of nitrogens with zero attached hydrogens (tertiary/aromatic N) is 3. The van der Waals surface area contributed by atoms with Gasteiger partial charge in [0.1, 0.15) is 0 Å². The summed E-state index contributed by atoms with van der Waals surface area (Å²) in [4.78, 5) is 39.7. The fraction of sp³-hybridized carbons (Fsp3) is 0.0357. The fourth-order valence-electron chi connectivity index (χ4n) is 4.37. The fourth-order valence-corrected chi connectivity index (χ4v) is 4.37. The minimum absolute atomic E-state index is 0.0800. The molecule has 0 radical (unpaired) electrons. The number of carboxylic acids is 1. The van der Waals surface area contributed by atoms with Crippen LogP contribution in [0.1, 0.15) is 38.2 Å². The van der Waals surface area contributed by atoms with Crippen LogP contribution in [0.4, 0.5) is 0 Å². The Morgan fingerprint density at radius 1 is 0.861 bits per heavy atom. The van der Waals surface area contributed by atoms with Crippen molar-refractivity contribution in [3.8, 4) is 12.1 Å². The molecule has 0 spiro atoms. The van der Waals surface area contributed by atoms with Crippen molar-refractivity contribution in [2.75, 3.05) is 0 Å². The van der Waals surface area contributed by atoms with Crippen LogP contribution in [0.5, 0.6) is 0 Å². The minimum atomic E-state index is -1.06. The normalized spacial score (nSPS) is 14.4. The summed E-state index contributed by atoms with van der Waals surface area (Å²) in [6.45, 7) is 0.0800. The molecule has 5 rings (SSSR count). The number of nitrogens with one attached hydrogen (secondary N) is 1. The molecule has 0 atom stereocenters. The number of hydrogen-bond acceptors (Lipinski definition) is 5. The maximum atomic E-state index is 13.8. The molecule has 2 aliphatic heterocycles. The van der Waals surface area contributed by atoms with Crippen LogP contribution in [-0.2, 0) is 16.1 Å². The number of nitriles is 2. The second-order valence-electron chi connectivity index (χ2n) is 8.21. The number of hydrogen-bond donors (Lipinski definition) is 2. The first-order valence-corrected chi connectivity index (χ1v) is 10.9. The Morgan fingerprint density at radius 3 is 2.08 bits per heavy atom. The van der Waals surface area contributed by atoms with Crippen molar-refractivity contribution in [3.05, 3.63) is 117 Å². The molecule has 2 heterocycles. The summed E-state index contributed by atoms with van der Waals surface area (Å²) in [5.74, 6) is -1.94. The predicted molar refractivity (Wildman–Crippen MR) is 128 cm³/mol. The van der Waals surface area contributed by atoms with Gasteiger partial charge in [0, 0.05) is 11.1 Å². The lowest BCUT2D eigenvalue weighted by Crippen LogP contribution is -2.27. The largest absolute Gasteiger partial charge is 0.478 e. The molecule has 0 fully saturated rings. The van der Waals surface area contributed by atoms with Crippen LogP contribution < -0.4 is 5.32 Å². The zero-order chi connectivity index (χ0) is 25.4. The lowest BCUT2D eigenvalue weighted by molar-refractivity contribution is -0.123. The Hall–Kier alpha value is -5.47. The molecule has 0 bridgehead atoms. The molecule has 0 aliphatic carbocycles. The second-order valence-corrected chi connectivity index (χ2v) is 8.21. The Morgan fingerprint density at radius 2 is 1.47 bits per heavy atom. The van der Waals surface area contributed by atoms with Crippen LogP contribution in [0.25, 0.3) is 11.4 Å². The van der Waals surface area contributed by atoms with Gasteiger partial charge in [-0.05, 0) is 42.0 Å². The van der Waals surface area contributed by atoms with Crippen molar-refractivity contribution < 1.29 is 19.5 Å². The van der Waals surface area contributed by atoms with Gasteiger partial charge in [0.05, 0.1) is 57.9 Å². The molecular weight excluding hydrogens is 456 g/mol. The van der Waals surface area contributed by atoms with Crippen molar-refractivity contribution in [1.29, 1.82) is 10.5 Å². The van der Waals surface area contributed by atoms with Gasteiger partial charge >= 0.3 is 5.97 Å². The van der Waals surface area contributed by atoms with Gasteiger partial charge in [-0.1, -0.05) is 36.4 Å². The average Bonchev–Trinajstić information content (AvgIpc) is 3.39. The van der Waals surface area contributed by atoms with Crippen molar-refractivity contribution in [3.63, 3.8) is 0 Å². The van der Waals surface area contributed by atoms with Gasteiger partial charge < -0.3 is 15.3 Å². The van der Waals surface area contributed by atoms with E-state index in [0.717, 1.165) is 0 Å². The number of amides is 2. The summed E-state index contributed by atoms with van der Waals surface area (Å²) < 4.78 is 0. The van der Waals surface area contributed by atoms with E-state index in [9.17, 15) is 30.0 Å². The van der Waals surface area contributed by atoms with E-state index in [0.29, 0.717) is 39.2 Å². The molecule has 0 saturated carbocycles. The topological polar surface area (TPSA) is 134 Å². The molecule has 0 unspecified atom stereocenters. The maximum Gasteiger partial charge on any atom is 0.335 e. The first-order chi connectivity index (χ1) is 17.4. The van der Waals surface area contributed by atoms with E-state index >= 15 is 0 Å². The molecule has 36 heavy (non-hydrogen) atoms. The Kier molecular flexibility index (Phi) is 5.40. The lowest BCUT2D eigenvalue weighted by atomic mass is 10.0. The number of aromatic carboxylic acids is 1. The Balaban J connectivity index is 1.68. The molecule has 2 N–H and O–H groups in total. The van der Waals surface area contributed by atoms with Gasteiger partial charge in [0.15, 0.2) is 0 Å². The van der Waals surface area contributed by atoms with Crippen LogP contribution in [0.15, 0.2) is 83.9 Å². The number of carbonyl (C=O) groups excluding carboxylic acids is 2. The minimum Gasteiger partial charge on any atom is -0.478 e. The molecule has 0 aromatic heterocycles. The number of rotatable bonds is 5. The van der Waals surface area contributed by atoms with Crippen LogP contribution >= 0.6 is 0 Å². The number of carboxylic acid groups (broad SMARTS) is 1. The summed E-state index contributed by atoms with van der Waals surface area (Å²) in [5, 5.41) is 30.7. The van der Waals surface area contributed by atoms with Crippen LogP contribution in [0, 0.1) is 22.7 Å². The molecule has 3 aromatic rings. The highest BCUT2D eigenvalue weighted by Gasteiger charge is 2.45. The quantitative estimate of drug-likeness (QED) is 0.584. The smallest absolute Gasteiger partial charge is 0.335 e. The van der Waals surface area contributed by atoms with Crippen LogP contribution in [-0.4, -0.2) is 27.8 Å². The number of carbonyl (C=O) groups is 3. The first kappa shape index (κ1) is 22.3. The number of benzene rings is 3. The van der Waals surface area contributed by atoms with E-state index < -0.39 is 17.8 Å². The van der Waals surface area contributed by atoms with Gasteiger partial charge in [-0.2, -0.15) is 10.5 Å². The van der Waals surface area contributed by atoms with Gasteiger partial charge in [0.25, 0.3) is 11.8 Å². The molecule has 172 valence electrons. The van der Waals surface area contributed by atoms with Gasteiger partial charge in [-0.15, -0.1) is 0 Å². The van der Waals surface area contributed by atoms with E-state index in [1.165, 1.54) is 17.0 Å². The molecule has 0 saturated heterocycles. The number of fused-ring (bicyclic) bond motifs is 1. The van der Waals surface area contributed by atoms with Crippen molar-refractivity contribution >= 4 is 29.2 Å². The predicted octanol–water partition coefficient (Wildman–Crippen LogP) is 3.42. The van der Waals surface area contributed by atoms with Gasteiger partial charge in [-0.25, -0.2) is 4.79 Å². The third-order valence-corrected chi connectivity index (χ3v) is 6.02. The molecule has 2 amide bonds. The molecule has 8 heteroatoms. The maximum absolute atomic E-state index is 13.8. The Labute approximate surface area is 205 Å². The van der Waals surface area contributed by atoms with Crippen molar-refractivity contribution in [2.45, 2.75) is 6.54 Å². The second kappa shape index (κ2) is 8.71. The zero-order valence-corrected chi connectivity index (χ0v) is 18.6. The third-order valence-electron chi connectivity index (χ3n) is 6.02. The molecule has 3 aromatic carbocycles. The molecular formula is C28H16N4O4. The summed E-state index contributed by atoms with van der Waals surface area (Å²) >= 11 is 0. The van der Waals surface area contributed by atoms with Crippen LogP contribution in [0.3, 0.4) is 0 Å². The van der Waals surface area contributed by atoms with Gasteiger partial charge in [0.2, 0.25) is 0 Å². The third kappa shape index (κ3) is 3.69. The zero-order valence-electron chi connectivity index (χ0n) is 18.6. The Bertz CT molecular complexity index is 1620. The van der Waals surface area contributed by atoms with Gasteiger partial charge in [-0.3, -0.25) is 9.59 Å². The van der Waals surface area contributed by atoms with E-state index in [1.54, 1.807) is 60.7 Å². The summed E-state index contributed by atoms with van der Waals surface area (Å²) in [6, 6.07) is 23.5. The van der Waals surface area contributed by atoms with E-state index in [2.05, 4.69) is 17.5 Å². The summed E-state index contributed by atoms with van der Waals surface area (Å²) in [6.07, 6.45) is 0. The highest BCUT2D eigenvalue weighted by Crippen LogP contribution is 2.43. The summed E-state index contributed by atoms with van der Waals surface area (Å²) in [7, 11) is 0. The monoisotopic (exact) mass is 472 g/mol. The van der Waals surface area contributed by atoms with E-state index in [4.69, 9.17) is 0 Å². The lowest BCUT2D eigenvalue weighted by Gasteiger charge is -2.22. The van der Waals surface area contributed by atoms with Crippen molar-refractivity contribution in [1.82, 2.24) is 10.2 Å².